The van der Waals surface area contributed by atoms with E-state index in [0.29, 0.717) is 5.95 Å². The quantitative estimate of drug-likeness (QED) is 0.445. The molecule has 1 aliphatic heterocycles. The lowest BCUT2D eigenvalue weighted by atomic mass is 10.1. The first-order valence-corrected chi connectivity index (χ1v) is 12.5. The van der Waals surface area contributed by atoms with E-state index in [4.69, 9.17) is 5.73 Å². The Balaban J connectivity index is 1.41. The summed E-state index contributed by atoms with van der Waals surface area (Å²) in [6, 6.07) is 9.04. The van der Waals surface area contributed by atoms with Crippen molar-refractivity contribution in [2.24, 2.45) is 0 Å². The third-order valence-electron chi connectivity index (χ3n) is 6.12. The number of hydrogen-bond donors (Lipinski definition) is 3. The van der Waals surface area contributed by atoms with E-state index in [2.05, 4.69) is 82.4 Å². The number of nitrogens with two attached hydrogens (primary N) is 1. The van der Waals surface area contributed by atoms with Gasteiger partial charge in [0.25, 0.3) is 0 Å². The van der Waals surface area contributed by atoms with E-state index >= 15 is 0 Å². The fourth-order valence-corrected chi connectivity index (χ4v) is 4.05. The lowest BCUT2D eigenvalue weighted by Gasteiger charge is -2.36. The maximum atomic E-state index is 5.80. The lowest BCUT2D eigenvalue weighted by Crippen LogP contribution is -2.46. The summed E-state index contributed by atoms with van der Waals surface area (Å²) in [6.45, 7) is 16.1. The molecule has 0 unspecified atom stereocenters. The van der Waals surface area contributed by atoms with Crippen LogP contribution in [0.4, 0.5) is 17.5 Å². The van der Waals surface area contributed by atoms with Gasteiger partial charge in [0.2, 0.25) is 5.95 Å². The van der Waals surface area contributed by atoms with Gasteiger partial charge >= 0.3 is 0 Å². The maximum absolute atomic E-state index is 5.80. The second-order valence-electron chi connectivity index (χ2n) is 10.1. The zero-order valence-electron chi connectivity index (χ0n) is 21.0. The Morgan fingerprint density at radius 3 is 2.42 bits per heavy atom. The topological polar surface area (TPSA) is 82.3 Å². The Morgan fingerprint density at radius 1 is 1.03 bits per heavy atom. The second kappa shape index (κ2) is 12.2. The molecule has 0 radical (unpaired) electrons. The minimum Gasteiger partial charge on any atom is -0.370 e. The smallest absolute Gasteiger partial charge is 0.221 e. The van der Waals surface area contributed by atoms with Crippen LogP contribution in [-0.4, -0.2) is 59.7 Å². The molecule has 0 saturated carbocycles. The summed E-state index contributed by atoms with van der Waals surface area (Å²) in [5.41, 5.74) is 9.77. The standard InChI is InChI=1S/C26H43N7/c1-5-6-13-28-24-22(20-29-25(27)31-24)8-7-14-32-15-17-33(18-16-32)23-11-9-21(10-12-23)19-30-26(2,3)4/h9-12,20,30H,5-8,13-19H2,1-4H3,(H3,27,28,29,31). The average Bonchev–Trinajstić information content (AvgIpc) is 2.80. The fraction of sp³-hybridized carbons (Fsp3) is 0.615. The first kappa shape index (κ1) is 25.2. The normalized spacial score (nSPS) is 15.1. The molecule has 7 nitrogen and oxygen atoms in total. The van der Waals surface area contributed by atoms with Gasteiger partial charge in [-0.1, -0.05) is 25.5 Å². The van der Waals surface area contributed by atoms with Crippen LogP contribution in [0.15, 0.2) is 30.5 Å². The number of hydrogen-bond acceptors (Lipinski definition) is 7. The molecule has 33 heavy (non-hydrogen) atoms. The second-order valence-corrected chi connectivity index (χ2v) is 10.1. The van der Waals surface area contributed by atoms with E-state index in [1.807, 2.05) is 6.20 Å². The molecule has 182 valence electrons. The summed E-state index contributed by atoms with van der Waals surface area (Å²) < 4.78 is 0. The number of aryl methyl sites for hydroxylation is 1. The zero-order valence-corrected chi connectivity index (χ0v) is 21.0. The first-order chi connectivity index (χ1) is 15.8. The van der Waals surface area contributed by atoms with Crippen molar-refractivity contribution in [3.63, 3.8) is 0 Å². The zero-order chi connectivity index (χ0) is 23.7. The SMILES string of the molecule is CCCCNc1nc(N)ncc1CCCN1CCN(c2ccc(CNC(C)(C)C)cc2)CC1. The lowest BCUT2D eigenvalue weighted by molar-refractivity contribution is 0.255. The van der Waals surface area contributed by atoms with Crippen molar-refractivity contribution in [1.82, 2.24) is 20.2 Å². The molecule has 0 aliphatic carbocycles. The summed E-state index contributed by atoms with van der Waals surface area (Å²) in [7, 11) is 0. The van der Waals surface area contributed by atoms with Gasteiger partial charge < -0.3 is 21.3 Å². The number of benzene rings is 1. The van der Waals surface area contributed by atoms with Gasteiger partial charge in [-0.2, -0.15) is 4.98 Å². The Hall–Kier alpha value is -2.38. The van der Waals surface area contributed by atoms with Crippen molar-refractivity contribution in [3.05, 3.63) is 41.6 Å². The highest BCUT2D eigenvalue weighted by Crippen LogP contribution is 2.19. The van der Waals surface area contributed by atoms with Crippen LogP contribution in [-0.2, 0) is 13.0 Å². The van der Waals surface area contributed by atoms with Gasteiger partial charge in [-0.15, -0.1) is 0 Å². The summed E-state index contributed by atoms with van der Waals surface area (Å²) in [4.78, 5) is 13.7. The van der Waals surface area contributed by atoms with Crippen molar-refractivity contribution in [2.45, 2.75) is 65.5 Å². The largest absolute Gasteiger partial charge is 0.370 e. The molecular weight excluding hydrogens is 410 g/mol. The molecule has 0 spiro atoms. The van der Waals surface area contributed by atoms with E-state index in [9.17, 15) is 0 Å². The molecule has 1 aromatic heterocycles. The van der Waals surface area contributed by atoms with Crippen LogP contribution in [0, 0.1) is 0 Å². The van der Waals surface area contributed by atoms with E-state index in [1.54, 1.807) is 0 Å². The number of nitrogens with one attached hydrogen (secondary N) is 2. The molecule has 7 heteroatoms. The molecule has 4 N–H and O–H groups in total. The van der Waals surface area contributed by atoms with Crippen molar-refractivity contribution in [3.8, 4) is 0 Å². The number of nitrogen functional groups attached to an aromatic ring is 1. The third-order valence-corrected chi connectivity index (χ3v) is 6.12. The molecule has 0 atom stereocenters. The monoisotopic (exact) mass is 453 g/mol. The van der Waals surface area contributed by atoms with Gasteiger partial charge in [-0.25, -0.2) is 4.98 Å². The predicted octanol–water partition coefficient (Wildman–Crippen LogP) is 3.91. The Labute approximate surface area is 200 Å². The van der Waals surface area contributed by atoms with Gasteiger partial charge in [0, 0.05) is 62.3 Å². The summed E-state index contributed by atoms with van der Waals surface area (Å²) in [6.07, 6.45) is 6.25. The van der Waals surface area contributed by atoms with Crippen LogP contribution in [0.5, 0.6) is 0 Å². The Bertz CT molecular complexity index is 837. The van der Waals surface area contributed by atoms with Crippen molar-refractivity contribution >= 4 is 17.5 Å². The van der Waals surface area contributed by atoms with Crippen molar-refractivity contribution in [2.75, 3.05) is 55.2 Å². The third kappa shape index (κ3) is 8.48. The molecule has 3 rings (SSSR count). The summed E-state index contributed by atoms with van der Waals surface area (Å²) in [5.74, 6) is 1.24. The Kier molecular flexibility index (Phi) is 9.32. The number of unbranched alkanes of at least 4 members (excludes halogenated alkanes) is 1. The van der Waals surface area contributed by atoms with Crippen LogP contribution in [0.2, 0.25) is 0 Å². The van der Waals surface area contributed by atoms with Gasteiger partial charge in [-0.3, -0.25) is 4.90 Å². The van der Waals surface area contributed by atoms with Crippen molar-refractivity contribution < 1.29 is 0 Å². The molecule has 1 aliphatic rings. The van der Waals surface area contributed by atoms with E-state index in [0.717, 1.165) is 77.3 Å². The number of aromatic nitrogens is 2. The number of piperazine rings is 1. The number of rotatable bonds is 11. The number of anilines is 3. The molecular formula is C26H43N7. The molecule has 1 aromatic carbocycles. The van der Waals surface area contributed by atoms with E-state index in [-0.39, 0.29) is 5.54 Å². The van der Waals surface area contributed by atoms with Gasteiger partial charge in [0.15, 0.2) is 0 Å². The maximum Gasteiger partial charge on any atom is 0.221 e. The average molecular weight is 454 g/mol. The minimum absolute atomic E-state index is 0.142. The molecule has 1 fully saturated rings. The van der Waals surface area contributed by atoms with Crippen LogP contribution in [0.25, 0.3) is 0 Å². The minimum atomic E-state index is 0.142. The van der Waals surface area contributed by atoms with Crippen LogP contribution >= 0.6 is 0 Å². The predicted molar refractivity (Wildman–Crippen MR) is 140 cm³/mol. The first-order valence-electron chi connectivity index (χ1n) is 12.5. The highest BCUT2D eigenvalue weighted by molar-refractivity contribution is 5.48. The van der Waals surface area contributed by atoms with Crippen LogP contribution < -0.4 is 21.3 Å². The van der Waals surface area contributed by atoms with Gasteiger partial charge in [0.1, 0.15) is 5.82 Å². The number of nitrogens with zero attached hydrogens (tertiary/aromatic N) is 4. The highest BCUT2D eigenvalue weighted by Gasteiger charge is 2.17. The van der Waals surface area contributed by atoms with E-state index < -0.39 is 0 Å². The van der Waals surface area contributed by atoms with Crippen molar-refractivity contribution in [1.29, 1.82) is 0 Å². The van der Waals surface area contributed by atoms with Gasteiger partial charge in [-0.05, 0) is 64.3 Å². The molecule has 1 saturated heterocycles. The molecule has 2 heterocycles. The molecule has 0 amide bonds. The highest BCUT2D eigenvalue weighted by atomic mass is 15.3. The van der Waals surface area contributed by atoms with Crippen LogP contribution in [0.1, 0.15) is 58.1 Å². The summed E-state index contributed by atoms with van der Waals surface area (Å²) in [5, 5.41) is 6.99. The fourth-order valence-electron chi connectivity index (χ4n) is 4.05. The van der Waals surface area contributed by atoms with Gasteiger partial charge in [0.05, 0.1) is 0 Å². The van der Waals surface area contributed by atoms with Crippen LogP contribution in [0.3, 0.4) is 0 Å². The molecule has 2 aromatic rings. The molecule has 0 bridgehead atoms. The summed E-state index contributed by atoms with van der Waals surface area (Å²) >= 11 is 0. The van der Waals surface area contributed by atoms with E-state index in [1.165, 1.54) is 16.8 Å². The Morgan fingerprint density at radius 2 is 1.76 bits per heavy atom.